The Morgan fingerprint density at radius 3 is 2.38 bits per heavy atom. The van der Waals surface area contributed by atoms with Crippen molar-refractivity contribution < 1.29 is 9.59 Å². The Bertz CT molecular complexity index is 408. The number of rotatable bonds is 3. The second-order valence-electron chi connectivity index (χ2n) is 4.04. The van der Waals surface area contributed by atoms with Crippen molar-refractivity contribution in [3.8, 4) is 0 Å². The fourth-order valence-corrected chi connectivity index (χ4v) is 1.89. The summed E-state index contributed by atoms with van der Waals surface area (Å²) in [6.45, 7) is 1.26. The lowest BCUT2D eigenvalue weighted by molar-refractivity contribution is -0.134. The van der Waals surface area contributed by atoms with Gasteiger partial charge in [0, 0.05) is 25.9 Å². The molecule has 1 aliphatic rings. The highest BCUT2D eigenvalue weighted by Gasteiger charge is 2.18. The van der Waals surface area contributed by atoms with Crippen molar-refractivity contribution in [3.63, 3.8) is 0 Å². The molecule has 0 fully saturated rings. The van der Waals surface area contributed by atoms with Gasteiger partial charge in [-0.05, 0) is 11.1 Å². The average Bonchev–Trinajstić information content (AvgIpc) is 2.25. The number of benzene rings is 1. The third-order valence-corrected chi connectivity index (χ3v) is 2.68. The molecule has 1 aliphatic heterocycles. The van der Waals surface area contributed by atoms with Crippen LogP contribution in [0.2, 0.25) is 0 Å². The minimum atomic E-state index is -0.427. The SMILES string of the molecule is NC(=O)CCC(=O)N1Cc2cccc(c2)C1. The number of carbonyl (C=O) groups is 2. The highest BCUT2D eigenvalue weighted by Crippen LogP contribution is 2.18. The number of hydrogen-bond donors (Lipinski definition) is 1. The molecule has 1 aromatic carbocycles. The lowest BCUT2D eigenvalue weighted by Crippen LogP contribution is -2.32. The minimum absolute atomic E-state index is 0.00870. The average molecular weight is 218 g/mol. The Morgan fingerprint density at radius 1 is 1.19 bits per heavy atom. The molecule has 1 heterocycles. The van der Waals surface area contributed by atoms with E-state index in [2.05, 4.69) is 6.07 Å². The molecule has 1 aromatic rings. The summed E-state index contributed by atoms with van der Waals surface area (Å²) in [5, 5.41) is 0. The minimum Gasteiger partial charge on any atom is -0.370 e. The van der Waals surface area contributed by atoms with E-state index < -0.39 is 5.91 Å². The molecule has 0 aliphatic carbocycles. The molecule has 2 rings (SSSR count). The van der Waals surface area contributed by atoms with Crippen LogP contribution >= 0.6 is 0 Å². The van der Waals surface area contributed by atoms with Gasteiger partial charge in [0.2, 0.25) is 11.8 Å². The molecule has 2 bridgehead atoms. The van der Waals surface area contributed by atoms with E-state index in [1.807, 2.05) is 18.2 Å². The Morgan fingerprint density at radius 2 is 1.81 bits per heavy atom. The van der Waals surface area contributed by atoms with E-state index in [0.29, 0.717) is 13.1 Å². The summed E-state index contributed by atoms with van der Waals surface area (Å²) in [5.41, 5.74) is 7.29. The van der Waals surface area contributed by atoms with Gasteiger partial charge in [0.05, 0.1) is 0 Å². The van der Waals surface area contributed by atoms with Gasteiger partial charge in [-0.15, -0.1) is 0 Å². The maximum absolute atomic E-state index is 11.8. The summed E-state index contributed by atoms with van der Waals surface area (Å²) < 4.78 is 0. The first-order valence-electron chi connectivity index (χ1n) is 5.29. The molecule has 0 saturated heterocycles. The Kier molecular flexibility index (Phi) is 2.90. The largest absolute Gasteiger partial charge is 0.370 e. The molecule has 0 spiro atoms. The number of fused-ring (bicyclic) bond motifs is 2. The van der Waals surface area contributed by atoms with Gasteiger partial charge in [-0.1, -0.05) is 24.3 Å². The van der Waals surface area contributed by atoms with Crippen molar-refractivity contribution in [3.05, 3.63) is 35.4 Å². The maximum Gasteiger partial charge on any atom is 0.223 e. The monoisotopic (exact) mass is 218 g/mol. The van der Waals surface area contributed by atoms with E-state index in [4.69, 9.17) is 5.73 Å². The van der Waals surface area contributed by atoms with Crippen LogP contribution in [0, 0.1) is 0 Å². The number of carbonyl (C=O) groups excluding carboxylic acids is 2. The van der Waals surface area contributed by atoms with Crippen LogP contribution in [0.15, 0.2) is 24.3 Å². The first kappa shape index (κ1) is 10.7. The molecule has 0 radical (unpaired) electrons. The number of nitrogens with two attached hydrogens (primary N) is 1. The zero-order valence-electron chi connectivity index (χ0n) is 8.98. The van der Waals surface area contributed by atoms with Gasteiger partial charge < -0.3 is 10.6 Å². The fraction of sp³-hybridized carbons (Fsp3) is 0.333. The normalized spacial score (nSPS) is 13.6. The number of nitrogens with zero attached hydrogens (tertiary/aromatic N) is 1. The summed E-state index contributed by atoms with van der Waals surface area (Å²) in [6, 6.07) is 8.09. The second kappa shape index (κ2) is 4.35. The molecule has 0 aromatic heterocycles. The summed E-state index contributed by atoms with van der Waals surface area (Å²) in [5.74, 6) is -0.436. The summed E-state index contributed by atoms with van der Waals surface area (Å²) >= 11 is 0. The molecular formula is C12H14N2O2. The van der Waals surface area contributed by atoms with E-state index in [-0.39, 0.29) is 18.7 Å². The van der Waals surface area contributed by atoms with Gasteiger partial charge in [0.25, 0.3) is 0 Å². The van der Waals surface area contributed by atoms with Crippen molar-refractivity contribution in [1.82, 2.24) is 4.90 Å². The van der Waals surface area contributed by atoms with Crippen LogP contribution in [0.5, 0.6) is 0 Å². The second-order valence-corrected chi connectivity index (χ2v) is 4.04. The van der Waals surface area contributed by atoms with E-state index >= 15 is 0 Å². The van der Waals surface area contributed by atoms with Crippen molar-refractivity contribution in [1.29, 1.82) is 0 Å². The zero-order chi connectivity index (χ0) is 11.5. The molecule has 84 valence electrons. The topological polar surface area (TPSA) is 63.4 Å². The highest BCUT2D eigenvalue weighted by atomic mass is 16.2. The van der Waals surface area contributed by atoms with Gasteiger partial charge in [-0.3, -0.25) is 9.59 Å². The standard InChI is InChI=1S/C12H14N2O2/c13-11(15)4-5-12(16)14-7-9-2-1-3-10(6-9)8-14/h1-3,6H,4-5,7-8H2,(H2,13,15). The van der Waals surface area contributed by atoms with Crippen LogP contribution < -0.4 is 5.73 Å². The van der Waals surface area contributed by atoms with Gasteiger partial charge in [-0.25, -0.2) is 0 Å². The summed E-state index contributed by atoms with van der Waals surface area (Å²) in [6.07, 6.45) is 0.336. The predicted octanol–water partition coefficient (Wildman–Crippen LogP) is 0.794. The molecule has 16 heavy (non-hydrogen) atoms. The van der Waals surface area contributed by atoms with Crippen LogP contribution in [0.1, 0.15) is 24.0 Å². The first-order chi connectivity index (χ1) is 7.65. The van der Waals surface area contributed by atoms with Crippen molar-refractivity contribution >= 4 is 11.8 Å². The van der Waals surface area contributed by atoms with Crippen LogP contribution in [0.3, 0.4) is 0 Å². The highest BCUT2D eigenvalue weighted by molar-refractivity contribution is 5.83. The molecule has 2 N–H and O–H groups in total. The lowest BCUT2D eigenvalue weighted by atomic mass is 10.0. The third-order valence-electron chi connectivity index (χ3n) is 2.68. The van der Waals surface area contributed by atoms with Crippen LogP contribution in [0.4, 0.5) is 0 Å². The van der Waals surface area contributed by atoms with Crippen molar-refractivity contribution in [2.75, 3.05) is 0 Å². The summed E-state index contributed by atoms with van der Waals surface area (Å²) in [7, 11) is 0. The van der Waals surface area contributed by atoms with E-state index in [1.54, 1.807) is 4.90 Å². The van der Waals surface area contributed by atoms with Crippen molar-refractivity contribution in [2.24, 2.45) is 5.73 Å². The molecule has 2 amide bonds. The molecule has 0 atom stereocenters. The zero-order valence-corrected chi connectivity index (χ0v) is 8.98. The van der Waals surface area contributed by atoms with Crippen molar-refractivity contribution in [2.45, 2.75) is 25.9 Å². The number of hydrogen-bond acceptors (Lipinski definition) is 2. The molecular weight excluding hydrogens is 204 g/mol. The van der Waals surface area contributed by atoms with Crippen LogP contribution in [-0.2, 0) is 22.7 Å². The number of amides is 2. The third kappa shape index (κ3) is 2.39. The van der Waals surface area contributed by atoms with Gasteiger partial charge in [-0.2, -0.15) is 0 Å². The Balaban J connectivity index is 1.97. The van der Waals surface area contributed by atoms with Crippen LogP contribution in [-0.4, -0.2) is 16.7 Å². The van der Waals surface area contributed by atoms with E-state index in [1.165, 1.54) is 0 Å². The van der Waals surface area contributed by atoms with Gasteiger partial charge in [0.1, 0.15) is 0 Å². The van der Waals surface area contributed by atoms with Gasteiger partial charge >= 0.3 is 0 Å². The molecule has 4 heteroatoms. The lowest BCUT2D eigenvalue weighted by Gasteiger charge is -2.27. The summed E-state index contributed by atoms with van der Waals surface area (Å²) in [4.78, 5) is 24.1. The van der Waals surface area contributed by atoms with E-state index in [0.717, 1.165) is 11.1 Å². The Labute approximate surface area is 94.0 Å². The van der Waals surface area contributed by atoms with Crippen LogP contribution in [0.25, 0.3) is 0 Å². The molecule has 4 nitrogen and oxygen atoms in total. The molecule has 0 unspecified atom stereocenters. The fourth-order valence-electron chi connectivity index (χ4n) is 1.89. The Hall–Kier alpha value is -1.84. The quantitative estimate of drug-likeness (QED) is 0.815. The first-order valence-corrected chi connectivity index (χ1v) is 5.29. The predicted molar refractivity (Wildman–Crippen MR) is 59.1 cm³/mol. The molecule has 0 saturated carbocycles. The number of primary amides is 1. The smallest absolute Gasteiger partial charge is 0.223 e. The maximum atomic E-state index is 11.8. The van der Waals surface area contributed by atoms with E-state index in [9.17, 15) is 9.59 Å². The van der Waals surface area contributed by atoms with Gasteiger partial charge in [0.15, 0.2) is 0 Å².